The number of rotatable bonds is 3. The number of para-hydroxylation sites is 1. The molecule has 138 valence electrons. The van der Waals surface area contributed by atoms with Crippen LogP contribution in [-0.2, 0) is 0 Å². The SMILES string of the molecule is Cc1[nH]c2ccccc2c1C1CCN(C(=O)c2cc(C(=O)O)ccn2)CC1. The molecule has 0 unspecified atom stereocenters. The predicted octanol–water partition coefficient (Wildman–Crippen LogP) is 3.59. The molecule has 0 saturated carbocycles. The minimum absolute atomic E-state index is 0.0812. The summed E-state index contributed by atoms with van der Waals surface area (Å²) in [6.07, 6.45) is 3.14. The predicted molar refractivity (Wildman–Crippen MR) is 102 cm³/mol. The summed E-state index contributed by atoms with van der Waals surface area (Å²) in [5.74, 6) is -0.851. The van der Waals surface area contributed by atoms with Crippen molar-refractivity contribution in [2.75, 3.05) is 13.1 Å². The number of aromatic carboxylic acids is 1. The first kappa shape index (κ1) is 17.3. The molecule has 0 spiro atoms. The highest BCUT2D eigenvalue weighted by molar-refractivity contribution is 5.96. The molecule has 0 radical (unpaired) electrons. The number of piperidine rings is 1. The summed E-state index contributed by atoms with van der Waals surface area (Å²) in [6.45, 7) is 3.39. The Morgan fingerprint density at radius 2 is 1.93 bits per heavy atom. The number of hydrogen-bond acceptors (Lipinski definition) is 3. The van der Waals surface area contributed by atoms with Gasteiger partial charge in [0.25, 0.3) is 5.91 Å². The number of H-pyrrole nitrogens is 1. The number of hydrogen-bond donors (Lipinski definition) is 2. The van der Waals surface area contributed by atoms with Gasteiger partial charge in [0.15, 0.2) is 0 Å². The molecular formula is C21H21N3O3. The number of likely N-dealkylation sites (tertiary alicyclic amines) is 1. The van der Waals surface area contributed by atoms with Crippen LogP contribution in [0.1, 0.15) is 50.9 Å². The molecule has 3 aromatic rings. The van der Waals surface area contributed by atoms with Crippen molar-refractivity contribution in [1.82, 2.24) is 14.9 Å². The van der Waals surface area contributed by atoms with E-state index in [-0.39, 0.29) is 17.2 Å². The van der Waals surface area contributed by atoms with Crippen LogP contribution in [-0.4, -0.2) is 44.9 Å². The minimum atomic E-state index is -1.06. The Bertz CT molecular complexity index is 1020. The lowest BCUT2D eigenvalue weighted by molar-refractivity contribution is 0.0696. The number of aromatic amines is 1. The van der Waals surface area contributed by atoms with E-state index in [4.69, 9.17) is 5.11 Å². The maximum absolute atomic E-state index is 12.7. The number of carboxylic acids is 1. The van der Waals surface area contributed by atoms with Gasteiger partial charge in [0.2, 0.25) is 0 Å². The fourth-order valence-corrected chi connectivity index (χ4v) is 4.04. The molecule has 1 fully saturated rings. The highest BCUT2D eigenvalue weighted by Crippen LogP contribution is 2.35. The van der Waals surface area contributed by atoms with Crippen LogP contribution < -0.4 is 0 Å². The van der Waals surface area contributed by atoms with Gasteiger partial charge in [-0.05, 0) is 49.4 Å². The van der Waals surface area contributed by atoms with Crippen molar-refractivity contribution in [3.8, 4) is 0 Å². The van der Waals surface area contributed by atoms with Gasteiger partial charge in [-0.3, -0.25) is 9.78 Å². The average molecular weight is 363 g/mol. The number of benzene rings is 1. The van der Waals surface area contributed by atoms with Gasteiger partial charge in [-0.1, -0.05) is 18.2 Å². The van der Waals surface area contributed by atoms with Crippen LogP contribution in [0, 0.1) is 6.92 Å². The quantitative estimate of drug-likeness (QED) is 0.744. The van der Waals surface area contributed by atoms with Crippen molar-refractivity contribution in [1.29, 1.82) is 0 Å². The fourth-order valence-electron chi connectivity index (χ4n) is 4.04. The Hall–Kier alpha value is -3.15. The normalized spacial score (nSPS) is 15.2. The Morgan fingerprint density at radius 3 is 2.67 bits per heavy atom. The molecule has 0 bridgehead atoms. The molecule has 1 aromatic carbocycles. The third-order valence-electron chi connectivity index (χ3n) is 5.36. The topological polar surface area (TPSA) is 86.3 Å². The number of carboxylic acid groups (broad SMARTS) is 1. The summed E-state index contributed by atoms with van der Waals surface area (Å²) in [4.78, 5) is 33.1. The molecule has 3 heterocycles. The maximum atomic E-state index is 12.7. The molecule has 1 amide bonds. The lowest BCUT2D eigenvalue weighted by Gasteiger charge is -2.32. The van der Waals surface area contributed by atoms with Gasteiger partial charge in [-0.15, -0.1) is 0 Å². The van der Waals surface area contributed by atoms with E-state index >= 15 is 0 Å². The van der Waals surface area contributed by atoms with Gasteiger partial charge in [-0.25, -0.2) is 4.79 Å². The first-order valence-electron chi connectivity index (χ1n) is 9.10. The highest BCUT2D eigenvalue weighted by atomic mass is 16.4. The zero-order valence-corrected chi connectivity index (χ0v) is 15.1. The molecule has 0 atom stereocenters. The van der Waals surface area contributed by atoms with Crippen LogP contribution in [0.25, 0.3) is 10.9 Å². The maximum Gasteiger partial charge on any atom is 0.335 e. The second kappa shape index (κ2) is 6.87. The monoisotopic (exact) mass is 363 g/mol. The summed E-state index contributed by atoms with van der Waals surface area (Å²) in [7, 11) is 0. The number of carbonyl (C=O) groups excluding carboxylic acids is 1. The van der Waals surface area contributed by atoms with Crippen LogP contribution >= 0.6 is 0 Å². The Balaban J connectivity index is 1.50. The van der Waals surface area contributed by atoms with Gasteiger partial charge >= 0.3 is 5.97 Å². The number of pyridine rings is 1. The molecule has 0 aliphatic carbocycles. The van der Waals surface area contributed by atoms with E-state index in [1.807, 2.05) is 6.07 Å². The van der Waals surface area contributed by atoms with Gasteiger partial charge in [0.1, 0.15) is 5.69 Å². The molecule has 1 aliphatic rings. The summed E-state index contributed by atoms with van der Waals surface area (Å²) >= 11 is 0. The summed E-state index contributed by atoms with van der Waals surface area (Å²) < 4.78 is 0. The van der Waals surface area contributed by atoms with E-state index < -0.39 is 5.97 Å². The Morgan fingerprint density at radius 1 is 1.19 bits per heavy atom. The summed E-state index contributed by atoms with van der Waals surface area (Å²) in [5.41, 5.74) is 3.97. The lowest BCUT2D eigenvalue weighted by Crippen LogP contribution is -2.38. The van der Waals surface area contributed by atoms with Crippen LogP contribution in [0.2, 0.25) is 0 Å². The second-order valence-electron chi connectivity index (χ2n) is 7.01. The number of nitrogens with one attached hydrogen (secondary N) is 1. The second-order valence-corrected chi connectivity index (χ2v) is 7.01. The van der Waals surface area contributed by atoms with Crippen molar-refractivity contribution in [2.45, 2.75) is 25.7 Å². The van der Waals surface area contributed by atoms with Crippen LogP contribution in [0.4, 0.5) is 0 Å². The standard InChI is InChI=1S/C21H21N3O3/c1-13-19(16-4-2-3-5-17(16)23-13)14-7-10-24(11-8-14)20(25)18-12-15(21(26)27)6-9-22-18/h2-6,9,12,14,23H,7-8,10-11H2,1H3,(H,26,27). The molecule has 6 heteroatoms. The van der Waals surface area contributed by atoms with Crippen molar-refractivity contribution >= 4 is 22.8 Å². The van der Waals surface area contributed by atoms with Crippen molar-refractivity contribution in [3.05, 3.63) is 65.1 Å². The molecule has 27 heavy (non-hydrogen) atoms. The number of amides is 1. The largest absolute Gasteiger partial charge is 0.478 e. The summed E-state index contributed by atoms with van der Waals surface area (Å²) in [5, 5.41) is 10.4. The fraction of sp³-hybridized carbons (Fsp3) is 0.286. The number of aromatic nitrogens is 2. The molecule has 1 saturated heterocycles. The molecule has 6 nitrogen and oxygen atoms in total. The van der Waals surface area contributed by atoms with Gasteiger partial charge in [0.05, 0.1) is 5.56 Å². The van der Waals surface area contributed by atoms with Gasteiger partial charge < -0.3 is 15.0 Å². The first-order valence-corrected chi connectivity index (χ1v) is 9.10. The highest BCUT2D eigenvalue weighted by Gasteiger charge is 2.28. The molecule has 4 rings (SSSR count). The third-order valence-corrected chi connectivity index (χ3v) is 5.36. The summed E-state index contributed by atoms with van der Waals surface area (Å²) in [6, 6.07) is 11.1. The minimum Gasteiger partial charge on any atom is -0.478 e. The van der Waals surface area contributed by atoms with E-state index in [0.29, 0.717) is 19.0 Å². The number of aryl methyl sites for hydroxylation is 1. The van der Waals surface area contributed by atoms with Crippen molar-refractivity contribution < 1.29 is 14.7 Å². The molecule has 2 aromatic heterocycles. The van der Waals surface area contributed by atoms with Crippen LogP contribution in [0.5, 0.6) is 0 Å². The Labute approximate surface area is 156 Å². The number of carbonyl (C=O) groups is 2. The number of nitrogens with zero attached hydrogens (tertiary/aromatic N) is 2. The van der Waals surface area contributed by atoms with Gasteiger partial charge in [0, 0.05) is 35.9 Å². The van der Waals surface area contributed by atoms with E-state index in [1.54, 1.807) is 4.90 Å². The van der Waals surface area contributed by atoms with Crippen molar-refractivity contribution in [2.24, 2.45) is 0 Å². The van der Waals surface area contributed by atoms with Crippen molar-refractivity contribution in [3.63, 3.8) is 0 Å². The third kappa shape index (κ3) is 3.18. The van der Waals surface area contributed by atoms with E-state index in [2.05, 4.69) is 35.1 Å². The smallest absolute Gasteiger partial charge is 0.335 e. The van der Waals surface area contributed by atoms with E-state index in [9.17, 15) is 9.59 Å². The van der Waals surface area contributed by atoms with Gasteiger partial charge in [-0.2, -0.15) is 0 Å². The zero-order valence-electron chi connectivity index (χ0n) is 15.1. The average Bonchev–Trinajstić information content (AvgIpc) is 3.03. The molecule has 2 N–H and O–H groups in total. The van der Waals surface area contributed by atoms with E-state index in [0.717, 1.165) is 18.4 Å². The molecular weight excluding hydrogens is 342 g/mol. The lowest BCUT2D eigenvalue weighted by atomic mass is 9.87. The Kier molecular flexibility index (Phi) is 4.39. The molecule has 1 aliphatic heterocycles. The zero-order chi connectivity index (χ0) is 19.0. The van der Waals surface area contributed by atoms with Crippen LogP contribution in [0.3, 0.4) is 0 Å². The number of fused-ring (bicyclic) bond motifs is 1. The van der Waals surface area contributed by atoms with Crippen LogP contribution in [0.15, 0.2) is 42.6 Å². The first-order chi connectivity index (χ1) is 13.0. The van der Waals surface area contributed by atoms with E-state index in [1.165, 1.54) is 35.0 Å².